The number of ketones is 2. The van der Waals surface area contributed by atoms with E-state index in [0.29, 0.717) is 25.9 Å². The van der Waals surface area contributed by atoms with Gasteiger partial charge < -0.3 is 14.2 Å². The van der Waals surface area contributed by atoms with Gasteiger partial charge in [0.15, 0.2) is 11.6 Å². The maximum atomic E-state index is 12.0. The summed E-state index contributed by atoms with van der Waals surface area (Å²) >= 11 is 0. The average molecular weight is 302 g/mol. The second-order valence-electron chi connectivity index (χ2n) is 5.77. The van der Waals surface area contributed by atoms with Crippen molar-refractivity contribution in [3.05, 3.63) is 0 Å². The van der Waals surface area contributed by atoms with Crippen molar-refractivity contribution in [2.75, 3.05) is 19.8 Å². The van der Waals surface area contributed by atoms with E-state index in [2.05, 4.69) is 4.74 Å². The van der Waals surface area contributed by atoms with Crippen molar-refractivity contribution in [3.63, 3.8) is 0 Å². The third-order valence-corrected chi connectivity index (χ3v) is 3.26. The Morgan fingerprint density at radius 2 is 1.52 bits per heavy atom. The Balaban J connectivity index is 4.01. The standard InChI is InChI=1S/C15H26O6/c1-12(17)14(2,3)20-8-6-7-13(18)15(4,5)21-10-9-19-11-16/h11H,6-10H2,1-5H3. The largest absolute Gasteiger partial charge is 0.465 e. The summed E-state index contributed by atoms with van der Waals surface area (Å²) in [6.07, 6.45) is 0.822. The molecule has 0 aromatic rings. The van der Waals surface area contributed by atoms with Crippen LogP contribution in [0.1, 0.15) is 47.5 Å². The number of hydrogen-bond acceptors (Lipinski definition) is 6. The van der Waals surface area contributed by atoms with Crippen molar-refractivity contribution in [1.29, 1.82) is 0 Å². The molecule has 0 aliphatic heterocycles. The zero-order chi connectivity index (χ0) is 16.5. The van der Waals surface area contributed by atoms with Gasteiger partial charge in [-0.25, -0.2) is 0 Å². The molecule has 21 heavy (non-hydrogen) atoms. The molecule has 0 aliphatic carbocycles. The molecule has 0 bridgehead atoms. The molecule has 0 aromatic carbocycles. The zero-order valence-electron chi connectivity index (χ0n) is 13.6. The molecule has 0 unspecified atom stereocenters. The molecule has 0 saturated carbocycles. The Kier molecular flexibility index (Phi) is 8.36. The molecule has 0 heterocycles. The lowest BCUT2D eigenvalue weighted by Crippen LogP contribution is -2.37. The second-order valence-corrected chi connectivity index (χ2v) is 5.77. The van der Waals surface area contributed by atoms with E-state index in [1.165, 1.54) is 6.92 Å². The van der Waals surface area contributed by atoms with Crippen molar-refractivity contribution in [1.82, 2.24) is 0 Å². The lowest BCUT2D eigenvalue weighted by atomic mass is 9.99. The summed E-state index contributed by atoms with van der Waals surface area (Å²) in [6.45, 7) is 9.21. The maximum absolute atomic E-state index is 12.0. The number of Topliss-reactive ketones (excluding diaryl/α,β-unsaturated/α-hetero) is 2. The smallest absolute Gasteiger partial charge is 0.293 e. The van der Waals surface area contributed by atoms with E-state index >= 15 is 0 Å². The second kappa shape index (κ2) is 8.89. The van der Waals surface area contributed by atoms with Gasteiger partial charge in [-0.3, -0.25) is 14.4 Å². The highest BCUT2D eigenvalue weighted by molar-refractivity contribution is 5.86. The Morgan fingerprint density at radius 1 is 0.952 bits per heavy atom. The first-order valence-corrected chi connectivity index (χ1v) is 7.01. The molecule has 0 N–H and O–H groups in total. The Labute approximate surface area is 126 Å². The van der Waals surface area contributed by atoms with E-state index in [9.17, 15) is 14.4 Å². The summed E-state index contributed by atoms with van der Waals surface area (Å²) in [5.74, 6) is -0.106. The highest BCUT2D eigenvalue weighted by Gasteiger charge is 2.28. The van der Waals surface area contributed by atoms with Crippen LogP contribution in [-0.2, 0) is 28.6 Å². The van der Waals surface area contributed by atoms with Crippen LogP contribution < -0.4 is 0 Å². The molecule has 0 radical (unpaired) electrons. The van der Waals surface area contributed by atoms with Crippen LogP contribution in [0.5, 0.6) is 0 Å². The fourth-order valence-electron chi connectivity index (χ4n) is 1.44. The van der Waals surface area contributed by atoms with E-state index in [4.69, 9.17) is 9.47 Å². The Morgan fingerprint density at radius 3 is 2.05 bits per heavy atom. The summed E-state index contributed by atoms with van der Waals surface area (Å²) in [5, 5.41) is 0. The first-order valence-electron chi connectivity index (χ1n) is 7.01. The van der Waals surface area contributed by atoms with Crippen LogP contribution in [0.2, 0.25) is 0 Å². The molecule has 0 rings (SSSR count). The lowest BCUT2D eigenvalue weighted by Gasteiger charge is -2.25. The van der Waals surface area contributed by atoms with Crippen LogP contribution in [0.4, 0.5) is 0 Å². The van der Waals surface area contributed by atoms with Crippen LogP contribution in [-0.4, -0.2) is 49.1 Å². The van der Waals surface area contributed by atoms with E-state index < -0.39 is 11.2 Å². The van der Waals surface area contributed by atoms with E-state index in [0.717, 1.165) is 0 Å². The van der Waals surface area contributed by atoms with Gasteiger partial charge in [0.1, 0.15) is 17.8 Å². The highest BCUT2D eigenvalue weighted by atomic mass is 16.6. The van der Waals surface area contributed by atoms with Crippen molar-refractivity contribution in [3.8, 4) is 0 Å². The van der Waals surface area contributed by atoms with E-state index in [1.54, 1.807) is 27.7 Å². The molecule has 0 atom stereocenters. The third kappa shape index (κ3) is 7.92. The molecule has 0 fully saturated rings. The number of ether oxygens (including phenoxy) is 3. The van der Waals surface area contributed by atoms with Gasteiger partial charge in [0.05, 0.1) is 6.61 Å². The summed E-state index contributed by atoms with van der Waals surface area (Å²) in [4.78, 5) is 33.3. The monoisotopic (exact) mass is 302 g/mol. The molecule has 0 aliphatic rings. The molecule has 122 valence electrons. The topological polar surface area (TPSA) is 78.9 Å². The fraction of sp³-hybridized carbons (Fsp3) is 0.800. The molecule has 0 aromatic heterocycles. The summed E-state index contributed by atoms with van der Waals surface area (Å²) in [6, 6.07) is 0. The number of hydrogen-bond donors (Lipinski definition) is 0. The minimum absolute atomic E-state index is 0.0485. The van der Waals surface area contributed by atoms with Gasteiger partial charge in [0.25, 0.3) is 6.47 Å². The maximum Gasteiger partial charge on any atom is 0.293 e. The van der Waals surface area contributed by atoms with E-state index in [-0.39, 0.29) is 24.8 Å². The van der Waals surface area contributed by atoms with Crippen molar-refractivity contribution >= 4 is 18.0 Å². The van der Waals surface area contributed by atoms with Crippen molar-refractivity contribution in [2.24, 2.45) is 0 Å². The fourth-order valence-corrected chi connectivity index (χ4v) is 1.44. The normalized spacial score (nSPS) is 12.0. The summed E-state index contributed by atoms with van der Waals surface area (Å²) in [7, 11) is 0. The van der Waals surface area contributed by atoms with E-state index in [1.807, 2.05) is 0 Å². The predicted molar refractivity (Wildman–Crippen MR) is 77.0 cm³/mol. The van der Waals surface area contributed by atoms with Crippen LogP contribution >= 0.6 is 0 Å². The predicted octanol–water partition coefficient (Wildman–Crippen LogP) is 1.69. The molecular weight excluding hydrogens is 276 g/mol. The zero-order valence-corrected chi connectivity index (χ0v) is 13.6. The molecule has 0 amide bonds. The van der Waals surface area contributed by atoms with Crippen LogP contribution in [0.25, 0.3) is 0 Å². The Bertz CT molecular complexity index is 359. The van der Waals surface area contributed by atoms with Crippen molar-refractivity contribution in [2.45, 2.75) is 58.7 Å². The van der Waals surface area contributed by atoms with Gasteiger partial charge >= 0.3 is 0 Å². The van der Waals surface area contributed by atoms with Gasteiger partial charge in [-0.2, -0.15) is 0 Å². The number of carbonyl (C=O) groups excluding carboxylic acids is 3. The van der Waals surface area contributed by atoms with Gasteiger partial charge in [-0.05, 0) is 41.0 Å². The Hall–Kier alpha value is -1.27. The van der Waals surface area contributed by atoms with Crippen LogP contribution in [0.15, 0.2) is 0 Å². The van der Waals surface area contributed by atoms with Crippen LogP contribution in [0, 0.1) is 0 Å². The number of carbonyl (C=O) groups is 3. The minimum Gasteiger partial charge on any atom is -0.465 e. The minimum atomic E-state index is -0.928. The third-order valence-electron chi connectivity index (χ3n) is 3.26. The first kappa shape index (κ1) is 19.7. The summed E-state index contributed by atoms with van der Waals surface area (Å²) < 4.78 is 15.4. The highest BCUT2D eigenvalue weighted by Crippen LogP contribution is 2.16. The molecule has 6 nitrogen and oxygen atoms in total. The van der Waals surface area contributed by atoms with Gasteiger partial charge in [0, 0.05) is 13.0 Å². The first-order chi connectivity index (χ1) is 9.63. The van der Waals surface area contributed by atoms with Crippen molar-refractivity contribution < 1.29 is 28.6 Å². The molecule has 0 saturated heterocycles. The van der Waals surface area contributed by atoms with Gasteiger partial charge in [-0.15, -0.1) is 0 Å². The summed E-state index contributed by atoms with van der Waals surface area (Å²) in [5.41, 5.74) is -1.75. The van der Waals surface area contributed by atoms with Gasteiger partial charge in [0.2, 0.25) is 0 Å². The molecule has 6 heteroatoms. The number of rotatable bonds is 12. The molecular formula is C15H26O6. The van der Waals surface area contributed by atoms with Crippen LogP contribution in [0.3, 0.4) is 0 Å². The lowest BCUT2D eigenvalue weighted by molar-refractivity contribution is -0.145. The average Bonchev–Trinajstić information content (AvgIpc) is 2.39. The quantitative estimate of drug-likeness (QED) is 0.403. The molecule has 0 spiro atoms. The SMILES string of the molecule is CC(=O)C(C)(C)OCCCC(=O)C(C)(C)OCCOC=O. The van der Waals surface area contributed by atoms with Gasteiger partial charge in [-0.1, -0.05) is 0 Å².